The molecular weight excluding hydrogens is 278 g/mol. The molecule has 0 heterocycles. The van der Waals surface area contributed by atoms with Gasteiger partial charge in [0.2, 0.25) is 5.91 Å². The molecule has 8 heteroatoms. The van der Waals surface area contributed by atoms with Crippen LogP contribution in [-0.2, 0) is 9.59 Å². The van der Waals surface area contributed by atoms with E-state index >= 15 is 0 Å². The predicted molar refractivity (Wildman–Crippen MR) is 75.4 cm³/mol. The quantitative estimate of drug-likeness (QED) is 0.603. The molecule has 0 unspecified atom stereocenters. The molecule has 0 saturated heterocycles. The van der Waals surface area contributed by atoms with Crippen LogP contribution >= 0.6 is 0 Å². The number of aliphatic carboxylic acids is 1. The molecule has 8 nitrogen and oxygen atoms in total. The summed E-state index contributed by atoms with van der Waals surface area (Å²) in [5, 5.41) is 15.4. The second-order valence-electron chi connectivity index (χ2n) is 4.16. The first-order chi connectivity index (χ1) is 9.92. The van der Waals surface area contributed by atoms with Crippen LogP contribution in [-0.4, -0.2) is 43.2 Å². The summed E-state index contributed by atoms with van der Waals surface area (Å²) in [6.45, 7) is 1.04. The van der Waals surface area contributed by atoms with Gasteiger partial charge in [0, 0.05) is 5.69 Å². The maximum absolute atomic E-state index is 11.6. The highest BCUT2D eigenvalue weighted by molar-refractivity contribution is 5.92. The van der Waals surface area contributed by atoms with Crippen molar-refractivity contribution in [3.8, 4) is 5.75 Å². The first kappa shape index (κ1) is 16.3. The molecule has 0 aliphatic rings. The van der Waals surface area contributed by atoms with Crippen LogP contribution in [0.2, 0.25) is 0 Å². The van der Waals surface area contributed by atoms with Crippen LogP contribution < -0.4 is 20.7 Å². The monoisotopic (exact) mass is 295 g/mol. The van der Waals surface area contributed by atoms with Gasteiger partial charge in [-0.15, -0.1) is 0 Å². The molecule has 0 aromatic heterocycles. The lowest BCUT2D eigenvalue weighted by molar-refractivity contribution is -0.137. The van der Waals surface area contributed by atoms with Crippen LogP contribution in [0, 0.1) is 6.92 Å². The molecule has 1 aromatic rings. The first-order valence-electron chi connectivity index (χ1n) is 6.10. The summed E-state index contributed by atoms with van der Waals surface area (Å²) in [5.41, 5.74) is 1.41. The SMILES string of the molecule is COc1ccc(NC(=O)NCC(=O)NCC(=O)O)cc1C. The van der Waals surface area contributed by atoms with Crippen LogP contribution in [0.15, 0.2) is 18.2 Å². The Hall–Kier alpha value is -2.77. The number of hydrogen-bond donors (Lipinski definition) is 4. The van der Waals surface area contributed by atoms with E-state index in [0.29, 0.717) is 11.4 Å². The molecule has 0 saturated carbocycles. The Balaban J connectivity index is 2.41. The average molecular weight is 295 g/mol. The third-order valence-corrected chi connectivity index (χ3v) is 2.50. The summed E-state index contributed by atoms with van der Waals surface area (Å²) in [4.78, 5) is 33.0. The number of nitrogens with one attached hydrogen (secondary N) is 3. The maximum atomic E-state index is 11.6. The minimum atomic E-state index is -1.15. The molecule has 0 fully saturated rings. The van der Waals surface area contributed by atoms with Crippen molar-refractivity contribution in [3.63, 3.8) is 0 Å². The van der Waals surface area contributed by atoms with Crippen LogP contribution in [0.3, 0.4) is 0 Å². The smallest absolute Gasteiger partial charge is 0.322 e. The van der Waals surface area contributed by atoms with E-state index in [1.54, 1.807) is 25.3 Å². The number of urea groups is 1. The van der Waals surface area contributed by atoms with Crippen molar-refractivity contribution in [1.82, 2.24) is 10.6 Å². The van der Waals surface area contributed by atoms with Gasteiger partial charge in [0.1, 0.15) is 12.3 Å². The van der Waals surface area contributed by atoms with Gasteiger partial charge in [0.25, 0.3) is 0 Å². The van der Waals surface area contributed by atoms with Gasteiger partial charge >= 0.3 is 12.0 Å². The fraction of sp³-hybridized carbons (Fsp3) is 0.308. The number of benzene rings is 1. The number of rotatable bonds is 6. The zero-order valence-electron chi connectivity index (χ0n) is 11.7. The Kier molecular flexibility index (Phi) is 5.99. The Bertz CT molecular complexity index is 545. The Morgan fingerprint density at radius 3 is 2.48 bits per heavy atom. The molecule has 4 N–H and O–H groups in total. The summed E-state index contributed by atoms with van der Waals surface area (Å²) < 4.78 is 5.10. The number of anilines is 1. The van der Waals surface area contributed by atoms with Crippen molar-refractivity contribution in [1.29, 1.82) is 0 Å². The molecule has 1 rings (SSSR count). The van der Waals surface area contributed by atoms with Crippen molar-refractivity contribution >= 4 is 23.6 Å². The second kappa shape index (κ2) is 7.73. The molecule has 0 aliphatic carbocycles. The minimum Gasteiger partial charge on any atom is -0.496 e. The van der Waals surface area contributed by atoms with E-state index in [9.17, 15) is 14.4 Å². The lowest BCUT2D eigenvalue weighted by Crippen LogP contribution is -2.40. The van der Waals surface area contributed by atoms with Crippen molar-refractivity contribution in [3.05, 3.63) is 23.8 Å². The number of methoxy groups -OCH3 is 1. The highest BCUT2D eigenvalue weighted by Crippen LogP contribution is 2.21. The zero-order chi connectivity index (χ0) is 15.8. The molecule has 114 valence electrons. The Labute approximate surface area is 121 Å². The van der Waals surface area contributed by atoms with Crippen LogP contribution in [0.25, 0.3) is 0 Å². The summed E-state index contributed by atoms with van der Waals surface area (Å²) in [5.74, 6) is -1.03. The molecule has 3 amide bonds. The topological polar surface area (TPSA) is 117 Å². The van der Waals surface area contributed by atoms with Gasteiger partial charge < -0.3 is 25.8 Å². The summed E-state index contributed by atoms with van der Waals surface area (Å²) in [7, 11) is 1.55. The molecule has 21 heavy (non-hydrogen) atoms. The second-order valence-corrected chi connectivity index (χ2v) is 4.16. The van der Waals surface area contributed by atoms with E-state index in [2.05, 4.69) is 16.0 Å². The number of aryl methyl sites for hydroxylation is 1. The molecular formula is C13H17N3O5. The summed E-state index contributed by atoms with van der Waals surface area (Å²) in [6.07, 6.45) is 0. The minimum absolute atomic E-state index is 0.311. The average Bonchev–Trinajstić information content (AvgIpc) is 2.43. The number of carbonyl (C=O) groups is 3. The fourth-order valence-corrected chi connectivity index (χ4v) is 1.53. The number of carboxylic acid groups (broad SMARTS) is 1. The van der Waals surface area contributed by atoms with Gasteiger partial charge in [-0.25, -0.2) is 4.79 Å². The molecule has 1 aromatic carbocycles. The Morgan fingerprint density at radius 1 is 1.19 bits per heavy atom. The molecule has 0 atom stereocenters. The van der Waals surface area contributed by atoms with E-state index in [-0.39, 0.29) is 6.54 Å². The molecule has 0 spiro atoms. The lowest BCUT2D eigenvalue weighted by Gasteiger charge is -2.10. The van der Waals surface area contributed by atoms with Crippen molar-refractivity contribution in [2.45, 2.75) is 6.92 Å². The van der Waals surface area contributed by atoms with Gasteiger partial charge in [-0.1, -0.05) is 0 Å². The van der Waals surface area contributed by atoms with E-state index in [4.69, 9.17) is 9.84 Å². The predicted octanol–water partition coefficient (Wildman–Crippen LogP) is 0.326. The molecule has 0 bridgehead atoms. The number of hydrogen-bond acceptors (Lipinski definition) is 4. The lowest BCUT2D eigenvalue weighted by atomic mass is 10.2. The van der Waals surface area contributed by atoms with Crippen molar-refractivity contribution in [2.75, 3.05) is 25.5 Å². The van der Waals surface area contributed by atoms with E-state index < -0.39 is 24.5 Å². The summed E-state index contributed by atoms with van der Waals surface area (Å²) in [6, 6.07) is 4.54. The van der Waals surface area contributed by atoms with Crippen molar-refractivity contribution < 1.29 is 24.2 Å². The van der Waals surface area contributed by atoms with Gasteiger partial charge in [0.15, 0.2) is 0 Å². The highest BCUT2D eigenvalue weighted by Gasteiger charge is 2.07. The maximum Gasteiger partial charge on any atom is 0.322 e. The van der Waals surface area contributed by atoms with Gasteiger partial charge in [-0.05, 0) is 30.7 Å². The van der Waals surface area contributed by atoms with Crippen molar-refractivity contribution in [2.24, 2.45) is 0 Å². The van der Waals surface area contributed by atoms with Crippen LogP contribution in [0.1, 0.15) is 5.56 Å². The van der Waals surface area contributed by atoms with E-state index in [1.807, 2.05) is 6.92 Å². The Morgan fingerprint density at radius 2 is 1.90 bits per heavy atom. The highest BCUT2D eigenvalue weighted by atomic mass is 16.5. The zero-order valence-corrected chi connectivity index (χ0v) is 11.7. The third kappa shape index (κ3) is 5.81. The number of amides is 3. The number of carbonyl (C=O) groups excluding carboxylic acids is 2. The number of ether oxygens (including phenoxy) is 1. The molecule has 0 radical (unpaired) electrons. The third-order valence-electron chi connectivity index (χ3n) is 2.50. The normalized spacial score (nSPS) is 9.62. The fourth-order valence-electron chi connectivity index (χ4n) is 1.53. The van der Waals surface area contributed by atoms with Crippen LogP contribution in [0.4, 0.5) is 10.5 Å². The van der Waals surface area contributed by atoms with Gasteiger partial charge in [-0.2, -0.15) is 0 Å². The molecule has 0 aliphatic heterocycles. The van der Waals surface area contributed by atoms with E-state index in [1.165, 1.54) is 0 Å². The van der Waals surface area contributed by atoms with Gasteiger partial charge in [0.05, 0.1) is 13.7 Å². The number of carboxylic acids is 1. The standard InChI is InChI=1S/C13H17N3O5/c1-8-5-9(3-4-10(8)21-2)16-13(20)15-6-11(17)14-7-12(18)19/h3-5H,6-7H2,1-2H3,(H,14,17)(H,18,19)(H2,15,16,20). The first-order valence-corrected chi connectivity index (χ1v) is 6.10. The van der Waals surface area contributed by atoms with Crippen LogP contribution in [0.5, 0.6) is 5.75 Å². The van der Waals surface area contributed by atoms with E-state index in [0.717, 1.165) is 5.56 Å². The van der Waals surface area contributed by atoms with Gasteiger partial charge in [-0.3, -0.25) is 9.59 Å². The summed E-state index contributed by atoms with van der Waals surface area (Å²) >= 11 is 0. The largest absolute Gasteiger partial charge is 0.496 e.